The molecule has 2 aliphatic rings. The highest BCUT2D eigenvalue weighted by Gasteiger charge is 2.39. The van der Waals surface area contributed by atoms with Gasteiger partial charge in [0, 0.05) is 38.6 Å². The number of carbonyl (C=O) groups is 4. The van der Waals surface area contributed by atoms with Crippen molar-refractivity contribution in [2.45, 2.75) is 77.8 Å². The van der Waals surface area contributed by atoms with E-state index in [9.17, 15) is 24.4 Å². The molecule has 1 saturated heterocycles. The van der Waals surface area contributed by atoms with Gasteiger partial charge >= 0.3 is 0 Å². The van der Waals surface area contributed by atoms with Crippen molar-refractivity contribution < 1.29 is 24.4 Å². The van der Waals surface area contributed by atoms with Gasteiger partial charge in [0.25, 0.3) is 5.91 Å². The molecule has 1 aliphatic carbocycles. The van der Waals surface area contributed by atoms with E-state index in [0.29, 0.717) is 55.3 Å². The summed E-state index contributed by atoms with van der Waals surface area (Å²) in [5.74, 6) is -0.795. The standard InChI is InChI=1S/C28H43N5O5/c1-28(2,3)24(30-25(35)22(18-33(38)19-34)16-20-8-5-6-9-20)27(37)31(4)23-11-14-32(15-12-23)26(36)21-10-7-13-29-17-21/h7,10,13,17,19-20,22-24,38H,5-6,8-9,11-12,14-16,18H2,1-4H3,(H,30,35). The van der Waals surface area contributed by atoms with Gasteiger partial charge in [-0.3, -0.25) is 29.4 Å². The fourth-order valence-electron chi connectivity index (χ4n) is 5.60. The van der Waals surface area contributed by atoms with Crippen LogP contribution >= 0.6 is 0 Å². The Balaban J connectivity index is 1.64. The van der Waals surface area contributed by atoms with Gasteiger partial charge < -0.3 is 15.1 Å². The Hall–Kier alpha value is -3.01. The lowest BCUT2D eigenvalue weighted by Gasteiger charge is -2.40. The first-order chi connectivity index (χ1) is 18.0. The highest BCUT2D eigenvalue weighted by molar-refractivity contribution is 5.94. The molecular formula is C28H43N5O5. The Kier molecular flexibility index (Phi) is 10.2. The van der Waals surface area contributed by atoms with E-state index in [4.69, 9.17) is 0 Å². The van der Waals surface area contributed by atoms with Crippen LogP contribution in [0.25, 0.3) is 0 Å². The first-order valence-electron chi connectivity index (χ1n) is 13.7. The molecule has 10 heteroatoms. The Labute approximate surface area is 225 Å². The summed E-state index contributed by atoms with van der Waals surface area (Å²) >= 11 is 0. The summed E-state index contributed by atoms with van der Waals surface area (Å²) in [5, 5.41) is 13.3. The van der Waals surface area contributed by atoms with E-state index in [1.165, 1.54) is 0 Å². The second-order valence-electron chi connectivity index (χ2n) is 11.8. The summed E-state index contributed by atoms with van der Waals surface area (Å²) in [5.41, 5.74) is -0.00603. The van der Waals surface area contributed by atoms with Crippen molar-refractivity contribution in [1.82, 2.24) is 25.2 Å². The zero-order valence-electron chi connectivity index (χ0n) is 23.1. The maximum atomic E-state index is 13.7. The number of rotatable bonds is 10. The smallest absolute Gasteiger partial charge is 0.255 e. The molecule has 0 bridgehead atoms. The topological polar surface area (TPSA) is 123 Å². The molecule has 10 nitrogen and oxygen atoms in total. The van der Waals surface area contributed by atoms with E-state index in [1.807, 2.05) is 20.8 Å². The lowest BCUT2D eigenvalue weighted by atomic mass is 9.84. The monoisotopic (exact) mass is 529 g/mol. The zero-order chi connectivity index (χ0) is 27.9. The molecule has 1 aliphatic heterocycles. The molecule has 2 heterocycles. The number of likely N-dealkylation sites (N-methyl/N-ethyl adjacent to an activating group) is 1. The highest BCUT2D eigenvalue weighted by atomic mass is 16.5. The summed E-state index contributed by atoms with van der Waals surface area (Å²) < 4.78 is 0. The fraction of sp³-hybridized carbons (Fsp3) is 0.679. The zero-order valence-corrected chi connectivity index (χ0v) is 23.1. The lowest BCUT2D eigenvalue weighted by Crippen LogP contribution is -2.58. The second-order valence-corrected chi connectivity index (χ2v) is 11.8. The van der Waals surface area contributed by atoms with Crippen LogP contribution < -0.4 is 5.32 Å². The van der Waals surface area contributed by atoms with Crippen molar-refractivity contribution in [1.29, 1.82) is 0 Å². The van der Waals surface area contributed by atoms with E-state index in [0.717, 1.165) is 25.7 Å². The van der Waals surface area contributed by atoms with Crippen LogP contribution in [-0.4, -0.2) is 88.0 Å². The molecule has 2 fully saturated rings. The molecule has 210 valence electrons. The number of aromatic nitrogens is 1. The number of carbonyl (C=O) groups excluding carboxylic acids is 4. The molecule has 2 atom stereocenters. The van der Waals surface area contributed by atoms with Crippen molar-refractivity contribution in [2.24, 2.45) is 17.3 Å². The maximum absolute atomic E-state index is 13.7. The Morgan fingerprint density at radius 3 is 2.39 bits per heavy atom. The minimum absolute atomic E-state index is 0.0560. The number of likely N-dealkylation sites (tertiary alicyclic amines) is 1. The number of hydrogen-bond donors (Lipinski definition) is 2. The van der Waals surface area contributed by atoms with Crippen molar-refractivity contribution in [3.63, 3.8) is 0 Å². The van der Waals surface area contributed by atoms with Gasteiger partial charge in [-0.15, -0.1) is 0 Å². The third-order valence-electron chi connectivity index (χ3n) is 7.95. The largest absolute Gasteiger partial charge is 0.344 e. The SMILES string of the molecule is CN(C(=O)C(NC(=O)C(CC1CCCC1)CN(O)C=O)C(C)(C)C)C1CCN(C(=O)c2cccnc2)CC1. The van der Waals surface area contributed by atoms with Crippen LogP contribution in [0.3, 0.4) is 0 Å². The highest BCUT2D eigenvalue weighted by Crippen LogP contribution is 2.31. The number of hydroxylamine groups is 2. The minimum atomic E-state index is -0.774. The number of amides is 4. The molecule has 0 aromatic carbocycles. The van der Waals surface area contributed by atoms with Crippen LogP contribution in [0.5, 0.6) is 0 Å². The molecule has 38 heavy (non-hydrogen) atoms. The molecule has 2 N–H and O–H groups in total. The van der Waals surface area contributed by atoms with Gasteiger partial charge in [-0.2, -0.15) is 0 Å². The summed E-state index contributed by atoms with van der Waals surface area (Å²) in [6.45, 7) is 6.70. The summed E-state index contributed by atoms with van der Waals surface area (Å²) in [6, 6.07) is 2.66. The fourth-order valence-corrected chi connectivity index (χ4v) is 5.60. The van der Waals surface area contributed by atoms with Crippen molar-refractivity contribution in [2.75, 3.05) is 26.7 Å². The Bertz CT molecular complexity index is 952. The average molecular weight is 530 g/mol. The molecule has 1 aromatic heterocycles. The van der Waals surface area contributed by atoms with Crippen LogP contribution in [0.2, 0.25) is 0 Å². The van der Waals surface area contributed by atoms with Gasteiger partial charge in [0.05, 0.1) is 18.0 Å². The van der Waals surface area contributed by atoms with Gasteiger partial charge in [-0.1, -0.05) is 46.5 Å². The van der Waals surface area contributed by atoms with Crippen molar-refractivity contribution >= 4 is 24.1 Å². The third-order valence-corrected chi connectivity index (χ3v) is 7.95. The first kappa shape index (κ1) is 29.5. The first-order valence-corrected chi connectivity index (χ1v) is 13.7. The van der Waals surface area contributed by atoms with Crippen LogP contribution in [-0.2, 0) is 14.4 Å². The molecule has 4 amide bonds. The van der Waals surface area contributed by atoms with E-state index in [-0.39, 0.29) is 30.3 Å². The summed E-state index contributed by atoms with van der Waals surface area (Å²) in [7, 11) is 1.76. The minimum Gasteiger partial charge on any atom is -0.344 e. The van der Waals surface area contributed by atoms with Gasteiger partial charge in [-0.05, 0) is 42.7 Å². The van der Waals surface area contributed by atoms with Gasteiger partial charge in [-0.25, -0.2) is 5.06 Å². The predicted molar refractivity (Wildman–Crippen MR) is 142 cm³/mol. The Morgan fingerprint density at radius 1 is 1.18 bits per heavy atom. The number of piperidine rings is 1. The van der Waals surface area contributed by atoms with E-state index in [1.54, 1.807) is 41.4 Å². The molecule has 0 radical (unpaired) electrons. The molecule has 0 spiro atoms. The molecule has 3 rings (SSSR count). The lowest BCUT2D eigenvalue weighted by molar-refractivity contribution is -0.156. The normalized spacial score (nSPS) is 18.5. The van der Waals surface area contributed by atoms with Gasteiger partial charge in [0.15, 0.2) is 0 Å². The van der Waals surface area contributed by atoms with E-state index in [2.05, 4.69) is 10.3 Å². The molecule has 1 saturated carbocycles. The van der Waals surface area contributed by atoms with Crippen LogP contribution in [0.1, 0.15) is 76.1 Å². The molecule has 1 aromatic rings. The van der Waals surface area contributed by atoms with Gasteiger partial charge in [0.2, 0.25) is 18.2 Å². The predicted octanol–water partition coefficient (Wildman–Crippen LogP) is 2.72. The van der Waals surface area contributed by atoms with Crippen molar-refractivity contribution in [3.05, 3.63) is 30.1 Å². The molecular weight excluding hydrogens is 486 g/mol. The van der Waals surface area contributed by atoms with Crippen LogP contribution in [0.15, 0.2) is 24.5 Å². The maximum Gasteiger partial charge on any atom is 0.255 e. The van der Waals surface area contributed by atoms with Crippen LogP contribution in [0.4, 0.5) is 0 Å². The number of nitrogens with one attached hydrogen (secondary N) is 1. The average Bonchev–Trinajstić information content (AvgIpc) is 3.43. The number of nitrogens with zero attached hydrogens (tertiary/aromatic N) is 4. The number of hydrogen-bond acceptors (Lipinski definition) is 6. The van der Waals surface area contributed by atoms with Crippen LogP contribution in [0, 0.1) is 17.3 Å². The number of pyridine rings is 1. The second kappa shape index (κ2) is 13.2. The summed E-state index contributed by atoms with van der Waals surface area (Å²) in [4.78, 5) is 58.5. The van der Waals surface area contributed by atoms with Gasteiger partial charge in [0.1, 0.15) is 6.04 Å². The van der Waals surface area contributed by atoms with Crippen molar-refractivity contribution in [3.8, 4) is 0 Å². The van der Waals surface area contributed by atoms with E-state index < -0.39 is 17.4 Å². The Morgan fingerprint density at radius 2 is 1.84 bits per heavy atom. The summed E-state index contributed by atoms with van der Waals surface area (Å²) in [6.07, 6.45) is 9.65. The quantitative estimate of drug-likeness (QED) is 0.273. The molecule has 2 unspecified atom stereocenters. The third kappa shape index (κ3) is 7.75. The van der Waals surface area contributed by atoms with E-state index >= 15 is 0 Å².